The van der Waals surface area contributed by atoms with Crippen LogP contribution in [-0.4, -0.2) is 4.57 Å². The van der Waals surface area contributed by atoms with E-state index in [9.17, 15) is 0 Å². The summed E-state index contributed by atoms with van der Waals surface area (Å²) in [5.41, 5.74) is 33.2. The number of hydrogen-bond acceptors (Lipinski definition) is 3. The van der Waals surface area contributed by atoms with Crippen LogP contribution in [0.3, 0.4) is 0 Å². The van der Waals surface area contributed by atoms with E-state index >= 15 is 0 Å². The van der Waals surface area contributed by atoms with E-state index in [0.717, 1.165) is 39.8 Å². The number of hydrogen-bond donors (Lipinski definition) is 0. The van der Waals surface area contributed by atoms with Gasteiger partial charge in [-0.15, -0.1) is 11.3 Å². The lowest BCUT2D eigenvalue weighted by atomic mass is 9.77. The molecule has 22 aromatic rings. The molecule has 2 aromatic heterocycles. The number of benzene rings is 20. The van der Waals surface area contributed by atoms with Crippen molar-refractivity contribution in [1.82, 2.24) is 4.57 Å². The van der Waals surface area contributed by atoms with Crippen molar-refractivity contribution in [2.24, 2.45) is 0 Å². The second kappa shape index (κ2) is 27.5. The lowest BCUT2D eigenvalue weighted by molar-refractivity contribution is 1.18. The minimum Gasteiger partial charge on any atom is -0.310 e. The monoisotopic (exact) mass is 1490 g/mol. The first kappa shape index (κ1) is 66.8. The van der Waals surface area contributed by atoms with Crippen LogP contribution in [0.1, 0.15) is 0 Å². The molecule has 116 heavy (non-hydrogen) atoms. The molecule has 0 spiro atoms. The molecule has 0 radical (unpaired) electrons. The lowest BCUT2D eigenvalue weighted by Crippen LogP contribution is -2.10. The average molecular weight is 1490 g/mol. The smallest absolute Gasteiger partial charge is 0.0561 e. The highest BCUT2D eigenvalue weighted by Crippen LogP contribution is 2.54. The Labute approximate surface area is 676 Å². The highest BCUT2D eigenvalue weighted by Gasteiger charge is 2.28. The zero-order valence-electron chi connectivity index (χ0n) is 63.2. The van der Waals surface area contributed by atoms with Gasteiger partial charge in [-0.1, -0.05) is 273 Å². The normalized spacial score (nSPS) is 11.8. The number of thiophene rings is 1. The molecule has 0 N–H and O–H groups in total. The summed E-state index contributed by atoms with van der Waals surface area (Å²) in [6.45, 7) is 0. The zero-order valence-corrected chi connectivity index (χ0v) is 64.1. The van der Waals surface area contributed by atoms with Crippen molar-refractivity contribution in [2.75, 3.05) is 9.80 Å². The fraction of sp³-hybridized carbons (Fsp3) is 0. The molecule has 2 heterocycles. The fourth-order valence-electron chi connectivity index (χ4n) is 18.2. The van der Waals surface area contributed by atoms with E-state index in [1.807, 2.05) is 11.3 Å². The molecule has 0 unspecified atom stereocenters. The van der Waals surface area contributed by atoms with Crippen molar-refractivity contribution in [3.63, 3.8) is 0 Å². The number of nitrogens with zero attached hydrogens (tertiary/aromatic N) is 3. The molecule has 2 aliphatic carbocycles. The summed E-state index contributed by atoms with van der Waals surface area (Å²) in [4.78, 5) is 4.80. The van der Waals surface area contributed by atoms with Gasteiger partial charge in [-0.25, -0.2) is 0 Å². The summed E-state index contributed by atoms with van der Waals surface area (Å²) in [6, 6.07) is 158. The average Bonchev–Trinajstić information content (AvgIpc) is 1.10. The van der Waals surface area contributed by atoms with Crippen LogP contribution < -0.4 is 9.80 Å². The first-order chi connectivity index (χ1) is 57.4. The number of fused-ring (bicyclic) bond motifs is 18. The van der Waals surface area contributed by atoms with Crippen LogP contribution in [-0.2, 0) is 0 Å². The van der Waals surface area contributed by atoms with Gasteiger partial charge in [0.1, 0.15) is 0 Å². The fourth-order valence-corrected chi connectivity index (χ4v) is 19.4. The minimum atomic E-state index is 1.11. The summed E-state index contributed by atoms with van der Waals surface area (Å²) in [7, 11) is 0. The standard InChI is InChI=1S/C56H36N2.C56H35NS/c1-4-12-37(13-5-1)39-22-25-46(26-23-39)57(48-28-29-50-49-18-10-11-19-55(49)58(56(50)36-48)45-16-8-3-9-17-45)47-27-24-42-33-52-51-32-41-21-20-40(38-14-6-2-7-15-38)30-43(41)34-53(51)54(52)35-44(42)31-47;1-3-10-36(11-4-1)38-20-25-45(26-21-38)57(46-27-22-39(23-28-46)48-15-9-16-50-49-14-7-8-17-55(49)58-56(48)50)47-29-24-42-33-52-51-32-41-19-18-40(37-12-5-2-6-13-37)30-43(41)34-53(51)54(52)35-44(42)31-47/h1-36H;1-35H. The van der Waals surface area contributed by atoms with Gasteiger partial charge >= 0.3 is 0 Å². The number of rotatable bonds is 12. The van der Waals surface area contributed by atoms with Gasteiger partial charge in [-0.2, -0.15) is 0 Å². The van der Waals surface area contributed by atoms with Crippen molar-refractivity contribution in [1.29, 1.82) is 0 Å². The predicted molar refractivity (Wildman–Crippen MR) is 496 cm³/mol. The van der Waals surface area contributed by atoms with E-state index in [4.69, 9.17) is 0 Å². The van der Waals surface area contributed by atoms with Gasteiger partial charge in [0.05, 0.1) is 11.0 Å². The van der Waals surface area contributed by atoms with E-state index in [-0.39, 0.29) is 0 Å². The summed E-state index contributed by atoms with van der Waals surface area (Å²) in [6.07, 6.45) is 0. The molecule has 3 nitrogen and oxygen atoms in total. The highest BCUT2D eigenvalue weighted by atomic mass is 32.1. The SMILES string of the molecule is c1ccc(-c2ccc(N(c3ccc(-c4cccc5c4sc4ccccc45)cc3)c3ccc4cc5c(cc4c3)-c3cc4cc(-c6ccccc6)ccc4cc3-5)cc2)cc1.c1ccc(-c2ccc(N(c3ccc4cc5c(cc4c3)-c3cc4cc(-c6ccccc6)ccc4cc3-5)c3ccc4c5ccccc5n(-c5ccccc5)c4c3)cc2)cc1. The molecular formula is C112H71N3S. The maximum atomic E-state index is 2.41. The van der Waals surface area contributed by atoms with Gasteiger partial charge in [0, 0.05) is 70.8 Å². The molecule has 24 rings (SSSR count). The van der Waals surface area contributed by atoms with Crippen LogP contribution in [0.4, 0.5) is 34.1 Å². The molecule has 0 fully saturated rings. The Hall–Kier alpha value is -14.9. The Kier molecular flexibility index (Phi) is 15.8. The van der Waals surface area contributed by atoms with Gasteiger partial charge in [-0.3, -0.25) is 0 Å². The maximum absolute atomic E-state index is 2.41. The largest absolute Gasteiger partial charge is 0.310 e. The Morgan fingerprint density at radius 1 is 0.172 bits per heavy atom. The van der Waals surface area contributed by atoms with Crippen LogP contribution in [0.5, 0.6) is 0 Å². The summed E-state index contributed by atoms with van der Waals surface area (Å²) < 4.78 is 5.06. The van der Waals surface area contributed by atoms with Crippen molar-refractivity contribution >= 4 is 131 Å². The van der Waals surface area contributed by atoms with Crippen LogP contribution in [0.15, 0.2) is 431 Å². The molecule has 0 amide bonds. The van der Waals surface area contributed by atoms with Gasteiger partial charge < -0.3 is 14.4 Å². The molecule has 0 aliphatic heterocycles. The van der Waals surface area contributed by atoms with Crippen molar-refractivity contribution in [3.8, 4) is 106 Å². The quantitative estimate of drug-likeness (QED) is 0.121. The van der Waals surface area contributed by atoms with E-state index in [0.29, 0.717) is 0 Å². The molecule has 0 atom stereocenters. The maximum Gasteiger partial charge on any atom is 0.0561 e. The molecule has 0 bridgehead atoms. The second-order valence-corrected chi connectivity index (χ2v) is 31.8. The first-order valence-corrected chi connectivity index (χ1v) is 40.7. The topological polar surface area (TPSA) is 11.4 Å². The van der Waals surface area contributed by atoms with Crippen LogP contribution in [0.25, 0.3) is 191 Å². The van der Waals surface area contributed by atoms with Crippen molar-refractivity contribution < 1.29 is 0 Å². The van der Waals surface area contributed by atoms with E-state index in [1.165, 1.54) is 185 Å². The molecular weight excluding hydrogens is 1420 g/mol. The van der Waals surface area contributed by atoms with Gasteiger partial charge in [0.25, 0.3) is 0 Å². The van der Waals surface area contributed by atoms with Crippen LogP contribution >= 0.6 is 11.3 Å². The van der Waals surface area contributed by atoms with Crippen LogP contribution in [0.2, 0.25) is 0 Å². The third kappa shape index (κ3) is 11.5. The first-order valence-electron chi connectivity index (χ1n) is 39.9. The van der Waals surface area contributed by atoms with Gasteiger partial charge in [-0.05, 0) is 301 Å². The zero-order chi connectivity index (χ0) is 76.3. The Morgan fingerprint density at radius 3 is 0.966 bits per heavy atom. The Balaban J connectivity index is 0.000000137. The van der Waals surface area contributed by atoms with E-state index < -0.39 is 0 Å². The van der Waals surface area contributed by atoms with E-state index in [2.05, 4.69) is 445 Å². The summed E-state index contributed by atoms with van der Waals surface area (Å²) in [5.74, 6) is 0. The second-order valence-electron chi connectivity index (χ2n) is 30.7. The number of para-hydroxylation sites is 2. The summed E-state index contributed by atoms with van der Waals surface area (Å²) >= 11 is 1.88. The third-order valence-corrected chi connectivity index (χ3v) is 25.2. The van der Waals surface area contributed by atoms with Crippen molar-refractivity contribution in [3.05, 3.63) is 431 Å². The summed E-state index contributed by atoms with van der Waals surface area (Å²) in [5, 5.41) is 15.2. The Morgan fingerprint density at radius 2 is 0.491 bits per heavy atom. The number of anilines is 6. The van der Waals surface area contributed by atoms with Crippen LogP contribution in [0, 0.1) is 0 Å². The highest BCUT2D eigenvalue weighted by molar-refractivity contribution is 7.26. The van der Waals surface area contributed by atoms with E-state index in [1.54, 1.807) is 0 Å². The minimum absolute atomic E-state index is 1.11. The molecule has 4 heteroatoms. The Bertz CT molecular complexity index is 7640. The molecule has 0 saturated carbocycles. The molecule has 2 aliphatic rings. The van der Waals surface area contributed by atoms with Gasteiger partial charge in [0.15, 0.2) is 0 Å². The molecule has 540 valence electrons. The lowest BCUT2D eigenvalue weighted by Gasteiger charge is -2.28. The van der Waals surface area contributed by atoms with Gasteiger partial charge in [0.2, 0.25) is 0 Å². The number of aromatic nitrogens is 1. The van der Waals surface area contributed by atoms with Crippen molar-refractivity contribution in [2.45, 2.75) is 0 Å². The molecule has 0 saturated heterocycles. The predicted octanol–water partition coefficient (Wildman–Crippen LogP) is 32.0. The third-order valence-electron chi connectivity index (χ3n) is 24.0. The molecule has 20 aromatic carbocycles.